The molecule has 6 heteroatoms. The van der Waals surface area contributed by atoms with Crippen molar-refractivity contribution in [3.05, 3.63) is 28.8 Å². The highest BCUT2D eigenvalue weighted by Gasteiger charge is 2.26. The summed E-state index contributed by atoms with van der Waals surface area (Å²) < 4.78 is 48.9. The van der Waals surface area contributed by atoms with Gasteiger partial charge in [0.25, 0.3) is 6.43 Å². The molecular weight excluding hydrogens is 210 g/mol. The maximum Gasteiger partial charge on any atom is 0.275 e. The van der Waals surface area contributed by atoms with E-state index in [0.717, 1.165) is 12.3 Å². The van der Waals surface area contributed by atoms with Crippen LogP contribution in [-0.2, 0) is 0 Å². The van der Waals surface area contributed by atoms with E-state index in [0.29, 0.717) is 0 Å². The van der Waals surface area contributed by atoms with Crippen LogP contribution in [0.2, 0.25) is 5.02 Å². The fourth-order valence-electron chi connectivity index (χ4n) is 0.747. The molecule has 1 aromatic heterocycles. The molecule has 0 amide bonds. The molecule has 0 bridgehead atoms. The number of rotatable bonds is 2. The molecule has 72 valence electrons. The second-order valence-corrected chi connectivity index (χ2v) is 2.69. The number of hydrogen-bond acceptors (Lipinski definition) is 1. The second kappa shape index (κ2) is 3.91. The fourth-order valence-corrected chi connectivity index (χ4v) is 0.892. The standard InChI is InChI=1S/C7H4ClF4N/c8-3-1-4(9)6(13-2-3)5(10)7(11)12/h1-2,5,7H/t5-/m1/s1. The van der Waals surface area contributed by atoms with Gasteiger partial charge in [-0.05, 0) is 6.07 Å². The van der Waals surface area contributed by atoms with Crippen molar-refractivity contribution in [2.45, 2.75) is 12.6 Å². The van der Waals surface area contributed by atoms with E-state index in [-0.39, 0.29) is 5.02 Å². The maximum atomic E-state index is 12.7. The van der Waals surface area contributed by atoms with Gasteiger partial charge in [0.15, 0.2) is 0 Å². The van der Waals surface area contributed by atoms with E-state index in [1.54, 1.807) is 0 Å². The molecular formula is C7H4ClF4N. The molecule has 1 atom stereocenters. The highest BCUT2D eigenvalue weighted by molar-refractivity contribution is 6.30. The first-order valence-corrected chi connectivity index (χ1v) is 3.63. The zero-order chi connectivity index (χ0) is 10.0. The van der Waals surface area contributed by atoms with E-state index in [1.165, 1.54) is 0 Å². The maximum absolute atomic E-state index is 12.7. The zero-order valence-electron chi connectivity index (χ0n) is 6.15. The Hall–Kier alpha value is -0.840. The number of alkyl halides is 3. The number of pyridine rings is 1. The van der Waals surface area contributed by atoms with Crippen LogP contribution < -0.4 is 0 Å². The SMILES string of the molecule is Fc1cc(Cl)cnc1[C@@H](F)C(F)F. The van der Waals surface area contributed by atoms with E-state index < -0.39 is 24.1 Å². The summed E-state index contributed by atoms with van der Waals surface area (Å²) in [7, 11) is 0. The van der Waals surface area contributed by atoms with Crippen LogP contribution in [-0.4, -0.2) is 11.4 Å². The molecule has 1 nitrogen and oxygen atoms in total. The number of halogens is 5. The lowest BCUT2D eigenvalue weighted by Gasteiger charge is -2.06. The van der Waals surface area contributed by atoms with Crippen LogP contribution in [0, 0.1) is 5.82 Å². The van der Waals surface area contributed by atoms with Crippen molar-refractivity contribution in [3.63, 3.8) is 0 Å². The van der Waals surface area contributed by atoms with Crippen molar-refractivity contribution in [3.8, 4) is 0 Å². The van der Waals surface area contributed by atoms with Crippen molar-refractivity contribution in [2.24, 2.45) is 0 Å². The van der Waals surface area contributed by atoms with Gasteiger partial charge in [0.1, 0.15) is 11.5 Å². The van der Waals surface area contributed by atoms with Crippen LogP contribution in [0.5, 0.6) is 0 Å². The van der Waals surface area contributed by atoms with Gasteiger partial charge in [-0.1, -0.05) is 11.6 Å². The predicted octanol–water partition coefficient (Wildman–Crippen LogP) is 3.15. The van der Waals surface area contributed by atoms with Gasteiger partial charge in [0.2, 0.25) is 6.17 Å². The van der Waals surface area contributed by atoms with E-state index in [4.69, 9.17) is 11.6 Å². The Morgan fingerprint density at radius 3 is 2.38 bits per heavy atom. The molecule has 0 aliphatic heterocycles. The molecule has 0 aliphatic rings. The summed E-state index contributed by atoms with van der Waals surface area (Å²) in [5.74, 6) is -1.17. The van der Waals surface area contributed by atoms with Crippen LogP contribution in [0.3, 0.4) is 0 Å². The Morgan fingerprint density at radius 2 is 1.92 bits per heavy atom. The average Bonchev–Trinajstić information content (AvgIpc) is 2.03. The molecule has 0 saturated carbocycles. The van der Waals surface area contributed by atoms with Crippen molar-refractivity contribution in [1.82, 2.24) is 4.98 Å². The topological polar surface area (TPSA) is 12.9 Å². The smallest absolute Gasteiger partial charge is 0.253 e. The minimum atomic E-state index is -3.29. The number of hydrogen-bond donors (Lipinski definition) is 0. The largest absolute Gasteiger partial charge is 0.275 e. The van der Waals surface area contributed by atoms with Gasteiger partial charge in [0, 0.05) is 6.20 Å². The van der Waals surface area contributed by atoms with Gasteiger partial charge in [-0.25, -0.2) is 17.6 Å². The summed E-state index contributed by atoms with van der Waals surface area (Å²) in [6, 6.07) is 0.735. The molecule has 0 spiro atoms. The molecule has 0 radical (unpaired) electrons. The lowest BCUT2D eigenvalue weighted by molar-refractivity contribution is 0.0451. The molecule has 1 heterocycles. The van der Waals surface area contributed by atoms with Gasteiger partial charge in [-0.3, -0.25) is 4.98 Å². The van der Waals surface area contributed by atoms with E-state index in [9.17, 15) is 17.6 Å². The van der Waals surface area contributed by atoms with E-state index in [1.807, 2.05) is 0 Å². The lowest BCUT2D eigenvalue weighted by Crippen LogP contribution is -2.07. The molecule has 0 aliphatic carbocycles. The zero-order valence-corrected chi connectivity index (χ0v) is 6.90. The molecule has 0 unspecified atom stereocenters. The van der Waals surface area contributed by atoms with E-state index in [2.05, 4.69) is 4.98 Å². The minimum Gasteiger partial charge on any atom is -0.253 e. The quantitative estimate of drug-likeness (QED) is 0.688. The Bertz CT molecular complexity index is 305. The first-order valence-electron chi connectivity index (χ1n) is 3.25. The van der Waals surface area contributed by atoms with Gasteiger partial charge in [-0.2, -0.15) is 0 Å². The van der Waals surface area contributed by atoms with Crippen molar-refractivity contribution in [1.29, 1.82) is 0 Å². The van der Waals surface area contributed by atoms with Crippen LogP contribution in [0.15, 0.2) is 12.3 Å². The van der Waals surface area contributed by atoms with Crippen LogP contribution >= 0.6 is 11.6 Å². The number of aromatic nitrogens is 1. The van der Waals surface area contributed by atoms with Crippen LogP contribution in [0.1, 0.15) is 11.9 Å². The molecule has 0 fully saturated rings. The first-order chi connectivity index (χ1) is 6.02. The summed E-state index contributed by atoms with van der Waals surface area (Å²) >= 11 is 5.29. The molecule has 0 saturated heterocycles. The molecule has 0 aromatic carbocycles. The Kier molecular flexibility index (Phi) is 3.08. The van der Waals surface area contributed by atoms with Gasteiger partial charge in [0.05, 0.1) is 5.02 Å². The van der Waals surface area contributed by atoms with Crippen molar-refractivity contribution < 1.29 is 17.6 Å². The summed E-state index contributed by atoms with van der Waals surface area (Å²) in [6.07, 6.45) is -5.09. The van der Waals surface area contributed by atoms with Crippen molar-refractivity contribution >= 4 is 11.6 Å². The Morgan fingerprint density at radius 1 is 1.31 bits per heavy atom. The summed E-state index contributed by atoms with van der Waals surface area (Å²) in [6.45, 7) is 0. The lowest BCUT2D eigenvalue weighted by atomic mass is 10.2. The first kappa shape index (κ1) is 10.2. The van der Waals surface area contributed by atoms with Gasteiger partial charge in [-0.15, -0.1) is 0 Å². The van der Waals surface area contributed by atoms with Gasteiger partial charge < -0.3 is 0 Å². The summed E-state index contributed by atoms with van der Waals surface area (Å²) in [4.78, 5) is 3.14. The highest BCUT2D eigenvalue weighted by Crippen LogP contribution is 2.26. The third-order valence-electron chi connectivity index (χ3n) is 1.32. The summed E-state index contributed by atoms with van der Waals surface area (Å²) in [5.41, 5.74) is -0.917. The van der Waals surface area contributed by atoms with Crippen LogP contribution in [0.4, 0.5) is 17.6 Å². The van der Waals surface area contributed by atoms with Gasteiger partial charge >= 0.3 is 0 Å². The van der Waals surface area contributed by atoms with E-state index >= 15 is 0 Å². The third-order valence-corrected chi connectivity index (χ3v) is 1.53. The molecule has 1 aromatic rings. The average molecular weight is 214 g/mol. The monoisotopic (exact) mass is 213 g/mol. The number of nitrogens with zero attached hydrogens (tertiary/aromatic N) is 1. The van der Waals surface area contributed by atoms with Crippen molar-refractivity contribution in [2.75, 3.05) is 0 Å². The second-order valence-electron chi connectivity index (χ2n) is 2.26. The highest BCUT2D eigenvalue weighted by atomic mass is 35.5. The normalized spacial score (nSPS) is 13.4. The predicted molar refractivity (Wildman–Crippen MR) is 39.1 cm³/mol. The minimum absolute atomic E-state index is 0.0669. The molecule has 0 N–H and O–H groups in total. The molecule has 13 heavy (non-hydrogen) atoms. The molecule has 1 rings (SSSR count). The summed E-state index contributed by atoms with van der Waals surface area (Å²) in [5, 5.41) is -0.0669. The Labute approximate surface area is 76.3 Å². The Balaban J connectivity index is 3.01. The van der Waals surface area contributed by atoms with Crippen LogP contribution in [0.25, 0.3) is 0 Å². The third kappa shape index (κ3) is 2.30. The fraction of sp³-hybridized carbons (Fsp3) is 0.286.